The number of rotatable bonds is 10. The van der Waals surface area contributed by atoms with Gasteiger partial charge in [-0.15, -0.1) is 5.10 Å². The molecule has 0 fully saturated rings. The number of hydrogen-bond donors (Lipinski definition) is 1. The van der Waals surface area contributed by atoms with E-state index < -0.39 is 0 Å². The molecule has 0 radical (unpaired) electrons. The van der Waals surface area contributed by atoms with Crippen LogP contribution in [0.5, 0.6) is 11.8 Å². The number of nitrogens with zero attached hydrogens (tertiary/aromatic N) is 3. The zero-order valence-corrected chi connectivity index (χ0v) is 20.0. The normalized spacial score (nSPS) is 10.7. The third-order valence-corrected chi connectivity index (χ3v) is 5.41. The maximum atomic E-state index is 12.5. The first-order chi connectivity index (χ1) is 17.1. The van der Waals surface area contributed by atoms with Gasteiger partial charge in [-0.05, 0) is 54.4 Å². The fraction of sp³-hybridized carbons (Fsp3) is 0.222. The highest BCUT2D eigenvalue weighted by molar-refractivity contribution is 5.92. The molecular formula is C27H28N4O4. The average molecular weight is 473 g/mol. The minimum Gasteiger partial charge on any atom is -0.497 e. The van der Waals surface area contributed by atoms with Gasteiger partial charge >= 0.3 is 6.01 Å². The van der Waals surface area contributed by atoms with Crippen LogP contribution in [0.2, 0.25) is 0 Å². The molecule has 0 saturated heterocycles. The third-order valence-electron chi connectivity index (χ3n) is 5.41. The molecule has 0 aliphatic heterocycles. The fourth-order valence-electron chi connectivity index (χ4n) is 3.57. The van der Waals surface area contributed by atoms with Crippen LogP contribution in [-0.4, -0.2) is 48.1 Å². The minimum absolute atomic E-state index is 0.0990. The Morgan fingerprint density at radius 2 is 1.69 bits per heavy atom. The van der Waals surface area contributed by atoms with Crippen molar-refractivity contribution in [2.24, 2.45) is 0 Å². The van der Waals surface area contributed by atoms with E-state index in [0.29, 0.717) is 24.7 Å². The Bertz CT molecular complexity index is 1270. The van der Waals surface area contributed by atoms with Gasteiger partial charge in [-0.1, -0.05) is 36.4 Å². The van der Waals surface area contributed by atoms with Crippen LogP contribution in [0.3, 0.4) is 0 Å². The topological polar surface area (TPSA) is 87.5 Å². The Hall–Kier alpha value is -4.17. The van der Waals surface area contributed by atoms with E-state index in [4.69, 9.17) is 14.2 Å². The van der Waals surface area contributed by atoms with Crippen molar-refractivity contribution < 1.29 is 19.0 Å². The van der Waals surface area contributed by atoms with E-state index in [0.717, 1.165) is 28.1 Å². The van der Waals surface area contributed by atoms with E-state index >= 15 is 0 Å². The Kier molecular flexibility index (Phi) is 7.74. The maximum Gasteiger partial charge on any atom is 0.336 e. The van der Waals surface area contributed by atoms with E-state index in [9.17, 15) is 4.79 Å². The van der Waals surface area contributed by atoms with Crippen molar-refractivity contribution in [3.8, 4) is 28.8 Å². The number of nitrogens with one attached hydrogen (secondary N) is 1. The number of ether oxygens (including phenoxy) is 3. The van der Waals surface area contributed by atoms with Crippen LogP contribution in [0.15, 0.2) is 72.8 Å². The van der Waals surface area contributed by atoms with Crippen LogP contribution in [0.25, 0.3) is 17.1 Å². The number of anilines is 1. The average Bonchev–Trinajstić information content (AvgIpc) is 3.29. The van der Waals surface area contributed by atoms with Crippen LogP contribution in [0.4, 0.5) is 5.69 Å². The molecule has 1 aromatic heterocycles. The van der Waals surface area contributed by atoms with Gasteiger partial charge in [0.25, 0.3) is 0 Å². The summed E-state index contributed by atoms with van der Waals surface area (Å²) in [5, 5.41) is 7.50. The Morgan fingerprint density at radius 1 is 0.943 bits per heavy atom. The van der Waals surface area contributed by atoms with Crippen molar-refractivity contribution in [3.05, 3.63) is 83.9 Å². The summed E-state index contributed by atoms with van der Waals surface area (Å²) in [4.78, 5) is 17.1. The van der Waals surface area contributed by atoms with Crippen LogP contribution >= 0.6 is 0 Å². The molecule has 1 N–H and O–H groups in total. The molecule has 8 nitrogen and oxygen atoms in total. The molecule has 4 aromatic rings. The predicted octanol–water partition coefficient (Wildman–Crippen LogP) is 4.46. The summed E-state index contributed by atoms with van der Waals surface area (Å²) in [6, 6.07) is 23.2. The highest BCUT2D eigenvalue weighted by atomic mass is 16.5. The molecule has 0 spiro atoms. The molecule has 0 saturated carbocycles. The van der Waals surface area contributed by atoms with E-state index in [1.54, 1.807) is 18.9 Å². The van der Waals surface area contributed by atoms with Crippen molar-refractivity contribution >= 4 is 11.6 Å². The van der Waals surface area contributed by atoms with Gasteiger partial charge in [-0.2, -0.15) is 4.98 Å². The first-order valence-corrected chi connectivity index (χ1v) is 11.3. The van der Waals surface area contributed by atoms with E-state index in [1.807, 2.05) is 79.7 Å². The smallest absolute Gasteiger partial charge is 0.336 e. The monoisotopic (exact) mass is 472 g/mol. The van der Waals surface area contributed by atoms with Gasteiger partial charge < -0.3 is 19.5 Å². The van der Waals surface area contributed by atoms with E-state index in [1.165, 1.54) is 0 Å². The van der Waals surface area contributed by atoms with Gasteiger partial charge in [-0.3, -0.25) is 4.79 Å². The number of amides is 1. The second kappa shape index (κ2) is 11.3. The first kappa shape index (κ1) is 24.0. The van der Waals surface area contributed by atoms with E-state index in [-0.39, 0.29) is 18.3 Å². The molecule has 8 heteroatoms. The molecular weight excluding hydrogens is 444 g/mol. The van der Waals surface area contributed by atoms with Gasteiger partial charge in [0.15, 0.2) is 5.82 Å². The number of hydrogen-bond acceptors (Lipinski definition) is 6. The van der Waals surface area contributed by atoms with Crippen LogP contribution in [-0.2, 0) is 16.0 Å². The second-order valence-corrected chi connectivity index (χ2v) is 7.91. The third kappa shape index (κ3) is 6.04. The van der Waals surface area contributed by atoms with Crippen molar-refractivity contribution in [1.82, 2.24) is 14.8 Å². The number of aryl methyl sites for hydroxylation is 1. The van der Waals surface area contributed by atoms with E-state index in [2.05, 4.69) is 15.4 Å². The predicted molar refractivity (Wildman–Crippen MR) is 134 cm³/mol. The fourth-order valence-corrected chi connectivity index (χ4v) is 3.57. The molecule has 0 atom stereocenters. The number of aromatic nitrogens is 3. The summed E-state index contributed by atoms with van der Waals surface area (Å²) in [7, 11) is 3.23. The molecule has 3 aromatic carbocycles. The largest absolute Gasteiger partial charge is 0.497 e. The summed E-state index contributed by atoms with van der Waals surface area (Å²) < 4.78 is 17.6. The summed E-state index contributed by atoms with van der Waals surface area (Å²) in [6.07, 6.45) is 0.272. The number of benzene rings is 3. The minimum atomic E-state index is -0.0990. The summed E-state index contributed by atoms with van der Waals surface area (Å²) in [5.74, 6) is 1.33. The Labute approximate surface area is 204 Å². The standard InChI is InChI=1S/C27H28N4O4/c1-19-6-4-5-7-24(19)26-29-27(35-17-16-33-2)30-31(26)22-12-10-21(11-13-22)28-25(32)18-20-8-14-23(34-3)15-9-20/h4-15H,16-18H2,1-3H3,(H,28,32). The van der Waals surface area contributed by atoms with Gasteiger partial charge in [0.1, 0.15) is 12.4 Å². The lowest BCUT2D eigenvalue weighted by Gasteiger charge is -2.10. The molecule has 4 rings (SSSR count). The lowest BCUT2D eigenvalue weighted by atomic mass is 10.1. The van der Waals surface area contributed by atoms with Gasteiger partial charge in [0, 0.05) is 18.4 Å². The molecule has 0 bridgehead atoms. The van der Waals surface area contributed by atoms with Crippen molar-refractivity contribution in [2.75, 3.05) is 32.8 Å². The number of carbonyl (C=O) groups excluding carboxylic acids is 1. The summed E-state index contributed by atoms with van der Waals surface area (Å²) >= 11 is 0. The molecule has 180 valence electrons. The highest BCUT2D eigenvalue weighted by Gasteiger charge is 2.16. The molecule has 1 heterocycles. The van der Waals surface area contributed by atoms with Crippen molar-refractivity contribution in [1.29, 1.82) is 0 Å². The SMILES string of the molecule is COCCOc1nc(-c2ccccc2C)n(-c2ccc(NC(=O)Cc3ccc(OC)cc3)cc2)n1. The second-order valence-electron chi connectivity index (χ2n) is 7.91. The highest BCUT2D eigenvalue weighted by Crippen LogP contribution is 2.27. The lowest BCUT2D eigenvalue weighted by Crippen LogP contribution is -2.14. The molecule has 0 aliphatic rings. The van der Waals surface area contributed by atoms with Gasteiger partial charge in [-0.25, -0.2) is 4.68 Å². The molecule has 0 aliphatic carbocycles. The number of carbonyl (C=O) groups is 1. The first-order valence-electron chi connectivity index (χ1n) is 11.3. The quantitative estimate of drug-likeness (QED) is 0.343. The molecule has 1 amide bonds. The van der Waals surface area contributed by atoms with Crippen LogP contribution in [0, 0.1) is 6.92 Å². The zero-order valence-electron chi connectivity index (χ0n) is 20.0. The maximum absolute atomic E-state index is 12.5. The lowest BCUT2D eigenvalue weighted by molar-refractivity contribution is -0.115. The van der Waals surface area contributed by atoms with Crippen molar-refractivity contribution in [3.63, 3.8) is 0 Å². The van der Waals surface area contributed by atoms with Gasteiger partial charge in [0.05, 0.1) is 25.8 Å². The Morgan fingerprint density at radius 3 is 2.37 bits per heavy atom. The summed E-state index contributed by atoms with van der Waals surface area (Å²) in [6.45, 7) is 2.83. The number of methoxy groups -OCH3 is 2. The van der Waals surface area contributed by atoms with Crippen molar-refractivity contribution in [2.45, 2.75) is 13.3 Å². The Balaban J connectivity index is 1.52. The van der Waals surface area contributed by atoms with Crippen LogP contribution < -0.4 is 14.8 Å². The molecule has 35 heavy (non-hydrogen) atoms. The zero-order chi connectivity index (χ0) is 24.6. The molecule has 0 unspecified atom stereocenters. The summed E-state index contributed by atoms with van der Waals surface area (Å²) in [5.41, 5.74) is 4.43. The van der Waals surface area contributed by atoms with Crippen LogP contribution in [0.1, 0.15) is 11.1 Å². The van der Waals surface area contributed by atoms with Gasteiger partial charge in [0.2, 0.25) is 5.91 Å².